The topological polar surface area (TPSA) is 69.2 Å². The summed E-state index contributed by atoms with van der Waals surface area (Å²) in [5.74, 6) is 0. The van der Waals surface area contributed by atoms with Gasteiger partial charge in [-0.25, -0.2) is 0 Å². The van der Waals surface area contributed by atoms with Crippen LogP contribution in [-0.2, 0) is 0 Å². The normalized spacial score (nSPS) is 3.86. The van der Waals surface area contributed by atoms with Crippen LogP contribution < -0.4 is 190 Å². The standard InChI is InChI=1S/BO3.3Rb/c2-1(3)4;;;/q-3;3*+1. The Morgan fingerprint density at radius 3 is 0.714 bits per heavy atom. The first-order valence-electron chi connectivity index (χ1n) is 0.707. The Morgan fingerprint density at radius 1 is 0.714 bits per heavy atom. The van der Waals surface area contributed by atoms with Gasteiger partial charge in [-0.2, -0.15) is 0 Å². The molecule has 0 aliphatic carbocycles. The summed E-state index contributed by atoms with van der Waals surface area (Å²) in [4.78, 5) is 0. The van der Waals surface area contributed by atoms with Crippen LogP contribution in [-0.4, -0.2) is 7.32 Å². The Balaban J connectivity index is -0.0000000150. The van der Waals surface area contributed by atoms with E-state index in [4.69, 9.17) is 15.1 Å². The summed E-state index contributed by atoms with van der Waals surface area (Å²) in [6.45, 7) is 0. The maximum absolute atomic E-state index is 8.42. The number of hydrogen-bond donors (Lipinski definition) is 0. The molecule has 0 heterocycles. The van der Waals surface area contributed by atoms with E-state index in [1.54, 1.807) is 0 Å². The van der Waals surface area contributed by atoms with Gasteiger partial charge in [-0.15, -0.1) is 0 Å². The van der Waals surface area contributed by atoms with Crippen LogP contribution >= 0.6 is 0 Å². The molecule has 0 saturated carbocycles. The molecule has 0 saturated heterocycles. The smallest absolute Gasteiger partial charge is 0.907 e. The second kappa shape index (κ2) is 17.4. The van der Waals surface area contributed by atoms with E-state index in [-0.39, 0.29) is 175 Å². The van der Waals surface area contributed by atoms with Crippen molar-refractivity contribution in [3.05, 3.63) is 0 Å². The van der Waals surface area contributed by atoms with Crippen molar-refractivity contribution in [1.29, 1.82) is 0 Å². The first kappa shape index (κ1) is 22.8. The zero-order chi connectivity index (χ0) is 3.58. The van der Waals surface area contributed by atoms with Crippen molar-refractivity contribution < 1.29 is 190 Å². The zero-order valence-electron chi connectivity index (χ0n) is 4.80. The van der Waals surface area contributed by atoms with Gasteiger partial charge in [-0.05, 0) is 0 Å². The predicted molar refractivity (Wildman–Crippen MR) is 5.75 cm³/mol. The van der Waals surface area contributed by atoms with Crippen LogP contribution in [0.3, 0.4) is 0 Å². The molecular weight excluding hydrogens is 315 g/mol. The van der Waals surface area contributed by atoms with Crippen molar-refractivity contribution in [3.63, 3.8) is 0 Å². The molecule has 0 aromatic heterocycles. The van der Waals surface area contributed by atoms with Gasteiger partial charge in [0.15, 0.2) is 0 Å². The molecule has 0 aromatic rings. The van der Waals surface area contributed by atoms with Crippen molar-refractivity contribution in [3.8, 4) is 0 Å². The van der Waals surface area contributed by atoms with Gasteiger partial charge in [-0.3, -0.25) is 7.32 Å². The first-order valence-corrected chi connectivity index (χ1v) is 0.707. The van der Waals surface area contributed by atoms with Crippen molar-refractivity contribution in [2.75, 3.05) is 0 Å². The van der Waals surface area contributed by atoms with E-state index in [1.165, 1.54) is 0 Å². The molecular formula is BO3Rb3. The molecule has 0 bridgehead atoms. The maximum atomic E-state index is 8.42. The Labute approximate surface area is 190 Å². The summed E-state index contributed by atoms with van der Waals surface area (Å²) in [7, 11) is -2.92. The molecule has 0 radical (unpaired) electrons. The molecule has 3 nitrogen and oxygen atoms in total. The Bertz CT molecular complexity index is 14.9. The molecule has 24 valence electrons. The third-order valence-electron chi connectivity index (χ3n) is 0. The van der Waals surface area contributed by atoms with E-state index in [0.29, 0.717) is 0 Å². The summed E-state index contributed by atoms with van der Waals surface area (Å²) < 4.78 is 0. The molecule has 0 aromatic carbocycles. The molecule has 7 heteroatoms. The predicted octanol–water partition coefficient (Wildman–Crippen LogP) is -12.9. The van der Waals surface area contributed by atoms with Gasteiger partial charge in [0, 0.05) is 0 Å². The molecule has 0 atom stereocenters. The van der Waals surface area contributed by atoms with E-state index in [2.05, 4.69) is 0 Å². The van der Waals surface area contributed by atoms with Gasteiger partial charge >= 0.3 is 175 Å². The van der Waals surface area contributed by atoms with E-state index in [9.17, 15) is 0 Å². The third kappa shape index (κ3) is 34.6. The van der Waals surface area contributed by atoms with Crippen LogP contribution in [0.5, 0.6) is 0 Å². The molecule has 0 aliphatic heterocycles. The maximum Gasteiger partial charge on any atom is 1.00 e. The van der Waals surface area contributed by atoms with Crippen LogP contribution in [0.25, 0.3) is 0 Å². The molecule has 0 N–H and O–H groups in total. The van der Waals surface area contributed by atoms with Crippen LogP contribution in [0.4, 0.5) is 0 Å². The second-order valence-electron chi connectivity index (χ2n) is 0.289. The second-order valence-corrected chi connectivity index (χ2v) is 0.289. The summed E-state index contributed by atoms with van der Waals surface area (Å²) in [5.41, 5.74) is 0. The first-order chi connectivity index (χ1) is 1.73. The van der Waals surface area contributed by atoms with E-state index in [0.717, 1.165) is 0 Å². The van der Waals surface area contributed by atoms with E-state index in [1.807, 2.05) is 0 Å². The molecule has 0 fully saturated rings. The average molecular weight is 315 g/mol. The van der Waals surface area contributed by atoms with Crippen molar-refractivity contribution in [2.45, 2.75) is 0 Å². The third-order valence-corrected chi connectivity index (χ3v) is 0. The Kier molecular flexibility index (Phi) is 56.9. The van der Waals surface area contributed by atoms with Crippen LogP contribution in [0.15, 0.2) is 0 Å². The average Bonchev–Trinajstić information content (AvgIpc) is 0.811. The molecule has 0 rings (SSSR count). The molecule has 0 aliphatic rings. The fraction of sp³-hybridized carbons (Fsp3) is 0. The van der Waals surface area contributed by atoms with E-state index >= 15 is 0 Å². The fourth-order valence-electron chi connectivity index (χ4n) is 0. The van der Waals surface area contributed by atoms with Gasteiger partial charge < -0.3 is 15.1 Å². The van der Waals surface area contributed by atoms with Crippen molar-refractivity contribution in [2.24, 2.45) is 0 Å². The van der Waals surface area contributed by atoms with Crippen molar-refractivity contribution >= 4 is 7.32 Å². The number of hydrogen-bond acceptors (Lipinski definition) is 3. The quantitative estimate of drug-likeness (QED) is 0.417. The Hall–Kier alpha value is 5.36. The van der Waals surface area contributed by atoms with Crippen molar-refractivity contribution in [1.82, 2.24) is 0 Å². The molecule has 0 unspecified atom stereocenters. The number of rotatable bonds is 0. The minimum Gasteiger partial charge on any atom is -0.907 e. The van der Waals surface area contributed by atoms with Crippen LogP contribution in [0, 0.1) is 0 Å². The zero-order valence-corrected chi connectivity index (χ0v) is 19.6. The largest absolute Gasteiger partial charge is 1.00 e. The van der Waals surface area contributed by atoms with Crippen LogP contribution in [0.2, 0.25) is 0 Å². The van der Waals surface area contributed by atoms with Gasteiger partial charge in [0.1, 0.15) is 0 Å². The Morgan fingerprint density at radius 2 is 0.714 bits per heavy atom. The molecule has 0 amide bonds. The molecule has 7 heavy (non-hydrogen) atoms. The minimum atomic E-state index is -2.92. The summed E-state index contributed by atoms with van der Waals surface area (Å²) in [6, 6.07) is 0. The minimum absolute atomic E-state index is 0. The SMILES string of the molecule is [O-]B([O-])[O-].[Rb+].[Rb+].[Rb+]. The van der Waals surface area contributed by atoms with E-state index < -0.39 is 7.32 Å². The van der Waals surface area contributed by atoms with Crippen LogP contribution in [0.1, 0.15) is 0 Å². The fourth-order valence-corrected chi connectivity index (χ4v) is 0. The summed E-state index contributed by atoms with van der Waals surface area (Å²) in [6.07, 6.45) is 0. The molecule has 0 spiro atoms. The monoisotopic (exact) mass is 314 g/mol. The summed E-state index contributed by atoms with van der Waals surface area (Å²) >= 11 is 0. The van der Waals surface area contributed by atoms with Gasteiger partial charge in [0.05, 0.1) is 0 Å². The van der Waals surface area contributed by atoms with Gasteiger partial charge in [0.25, 0.3) is 0 Å². The van der Waals surface area contributed by atoms with Gasteiger partial charge in [-0.1, -0.05) is 0 Å². The van der Waals surface area contributed by atoms with Gasteiger partial charge in [0.2, 0.25) is 0 Å². The summed E-state index contributed by atoms with van der Waals surface area (Å²) in [5, 5.41) is 25.2.